The number of aliphatic hydroxyl groups is 1. The number of halogens is 2. The van der Waals surface area contributed by atoms with Gasteiger partial charge in [0.15, 0.2) is 11.6 Å². The van der Waals surface area contributed by atoms with Gasteiger partial charge in [-0.15, -0.1) is 6.58 Å². The number of β-amino-alcohol motifs (C(OH)–C–C–N with tert-alkyl or cyclic N) is 1. The zero-order valence-corrected chi connectivity index (χ0v) is 20.0. The van der Waals surface area contributed by atoms with Crippen LogP contribution in [0.5, 0.6) is 5.75 Å². The minimum absolute atomic E-state index is 0.0122. The van der Waals surface area contributed by atoms with E-state index in [1.165, 1.54) is 18.2 Å². The van der Waals surface area contributed by atoms with E-state index in [1.54, 1.807) is 11.0 Å². The number of ether oxygens (including phenoxy) is 1. The molecule has 0 spiro atoms. The number of carbonyl (C=O) groups excluding carboxylic acids is 1. The number of rotatable bonds is 4. The molecule has 2 aromatic rings. The molecule has 0 saturated carbocycles. The third-order valence-electron chi connectivity index (χ3n) is 7.17. The summed E-state index contributed by atoms with van der Waals surface area (Å²) in [5.41, 5.74) is -0.750. The van der Waals surface area contributed by atoms with Gasteiger partial charge >= 0.3 is 0 Å². The Morgan fingerprint density at radius 2 is 2.03 bits per heavy atom. The third kappa shape index (κ3) is 4.06. The predicted octanol–water partition coefficient (Wildman–Crippen LogP) is 3.08. The maximum absolute atomic E-state index is 16.0. The number of aliphatic hydroxyl groups excluding tert-OH is 1. The Kier molecular flexibility index (Phi) is 6.01. The number of anilines is 1. The molecule has 7 nitrogen and oxygen atoms in total. The lowest BCUT2D eigenvalue weighted by molar-refractivity contribution is 0.0412. The van der Waals surface area contributed by atoms with Crippen molar-refractivity contribution in [3.63, 3.8) is 0 Å². The maximum Gasteiger partial charge on any atom is 0.261 e. The van der Waals surface area contributed by atoms with Crippen LogP contribution in [-0.4, -0.2) is 82.8 Å². The van der Waals surface area contributed by atoms with Gasteiger partial charge in [0.1, 0.15) is 29.5 Å². The van der Waals surface area contributed by atoms with Crippen molar-refractivity contribution >= 4 is 11.7 Å². The first-order valence-corrected chi connectivity index (χ1v) is 11.9. The Hall–Kier alpha value is -3.04. The number of nitrogens with zero attached hydrogens (tertiary/aromatic N) is 4. The average Bonchev–Trinajstić information content (AvgIpc) is 3.00. The molecule has 3 aliphatic heterocycles. The van der Waals surface area contributed by atoms with E-state index in [0.29, 0.717) is 32.6 Å². The Bertz CT molecular complexity index is 1170. The van der Waals surface area contributed by atoms with E-state index in [-0.39, 0.29) is 53.5 Å². The molecule has 2 atom stereocenters. The third-order valence-corrected chi connectivity index (χ3v) is 7.17. The summed E-state index contributed by atoms with van der Waals surface area (Å²) in [6.07, 6.45) is 1.63. The average molecular weight is 485 g/mol. The van der Waals surface area contributed by atoms with Gasteiger partial charge in [-0.3, -0.25) is 9.69 Å². The zero-order valence-electron chi connectivity index (χ0n) is 20.0. The molecule has 2 fully saturated rings. The molecule has 1 amide bonds. The lowest BCUT2D eigenvalue weighted by Gasteiger charge is -2.40. The predicted molar refractivity (Wildman–Crippen MR) is 129 cm³/mol. The Morgan fingerprint density at radius 3 is 2.71 bits per heavy atom. The first-order chi connectivity index (χ1) is 16.7. The molecule has 0 aliphatic carbocycles. The van der Waals surface area contributed by atoms with E-state index in [2.05, 4.69) is 16.5 Å². The molecule has 5 rings (SSSR count). The molecule has 186 valence electrons. The lowest BCUT2D eigenvalue weighted by Crippen LogP contribution is -2.56. The second-order valence-corrected chi connectivity index (χ2v) is 10.1. The molecule has 0 radical (unpaired) electrons. The molecule has 1 aromatic heterocycles. The Labute approximate surface area is 203 Å². The summed E-state index contributed by atoms with van der Waals surface area (Å²) in [6.45, 7) is 10.4. The first kappa shape index (κ1) is 23.7. The minimum Gasteiger partial charge on any atom is -0.487 e. The van der Waals surface area contributed by atoms with Crippen molar-refractivity contribution in [2.45, 2.75) is 38.0 Å². The van der Waals surface area contributed by atoms with Crippen LogP contribution in [0.2, 0.25) is 0 Å². The van der Waals surface area contributed by atoms with Gasteiger partial charge in [0.05, 0.1) is 12.1 Å². The van der Waals surface area contributed by atoms with Gasteiger partial charge in [-0.2, -0.15) is 0 Å². The van der Waals surface area contributed by atoms with Gasteiger partial charge in [-0.1, -0.05) is 18.2 Å². The van der Waals surface area contributed by atoms with Gasteiger partial charge in [-0.25, -0.2) is 13.8 Å². The number of aromatic nitrogens is 1. The normalized spacial score (nSPS) is 24.0. The quantitative estimate of drug-likeness (QED) is 0.673. The smallest absolute Gasteiger partial charge is 0.261 e. The fourth-order valence-electron chi connectivity index (χ4n) is 5.47. The fraction of sp³-hybridized carbons (Fsp3) is 0.462. The summed E-state index contributed by atoms with van der Waals surface area (Å²) in [4.78, 5) is 24.2. The standard InChI is InChI=1S/C26H30F2N4O3/c1-4-9-30-10-11-31-16(13-30)15-35-23-20(25(31)34)24(32-14-17(33)12-26(32,2)3)29-22(21(23)28)18-7-5-6-8-19(18)27/h4-8,16-17,33H,1,9-15H2,2-3H3/t16-,17+/m1/s1. The van der Waals surface area contributed by atoms with Crippen LogP contribution >= 0.6 is 0 Å². The summed E-state index contributed by atoms with van der Waals surface area (Å²) in [5.74, 6) is -1.84. The summed E-state index contributed by atoms with van der Waals surface area (Å²) >= 11 is 0. The molecule has 4 heterocycles. The van der Waals surface area contributed by atoms with E-state index < -0.39 is 23.3 Å². The summed E-state index contributed by atoms with van der Waals surface area (Å²) in [6, 6.07) is 5.55. The highest BCUT2D eigenvalue weighted by Crippen LogP contribution is 2.43. The monoisotopic (exact) mass is 484 g/mol. The number of benzene rings is 1. The molecule has 0 bridgehead atoms. The van der Waals surface area contributed by atoms with Crippen LogP contribution in [-0.2, 0) is 0 Å². The van der Waals surface area contributed by atoms with Crippen molar-refractivity contribution in [1.29, 1.82) is 0 Å². The molecule has 9 heteroatoms. The number of amides is 1. The van der Waals surface area contributed by atoms with E-state index in [4.69, 9.17) is 4.74 Å². The topological polar surface area (TPSA) is 69.1 Å². The zero-order chi connectivity index (χ0) is 24.9. The van der Waals surface area contributed by atoms with Crippen LogP contribution < -0.4 is 9.64 Å². The molecule has 0 unspecified atom stereocenters. The molecule has 35 heavy (non-hydrogen) atoms. The number of piperazine rings is 1. The molecule has 2 saturated heterocycles. The summed E-state index contributed by atoms with van der Waals surface area (Å²) in [5, 5.41) is 10.4. The lowest BCUT2D eigenvalue weighted by atomic mass is 10.00. The van der Waals surface area contributed by atoms with Gasteiger partial charge < -0.3 is 19.6 Å². The van der Waals surface area contributed by atoms with Crippen molar-refractivity contribution in [3.8, 4) is 17.0 Å². The van der Waals surface area contributed by atoms with E-state index in [0.717, 1.165) is 0 Å². The summed E-state index contributed by atoms with van der Waals surface area (Å²) < 4.78 is 36.7. The molecule has 3 aliphatic rings. The number of hydrogen-bond acceptors (Lipinski definition) is 6. The number of hydrogen-bond donors (Lipinski definition) is 1. The maximum atomic E-state index is 16.0. The number of carbonyl (C=O) groups is 1. The van der Waals surface area contributed by atoms with Gasteiger partial charge in [-0.05, 0) is 32.4 Å². The van der Waals surface area contributed by atoms with Crippen LogP contribution in [0, 0.1) is 11.6 Å². The molecule has 1 N–H and O–H groups in total. The van der Waals surface area contributed by atoms with E-state index in [1.807, 2.05) is 24.8 Å². The Balaban J connectivity index is 1.68. The minimum atomic E-state index is -0.859. The van der Waals surface area contributed by atoms with E-state index >= 15 is 4.39 Å². The number of fused-ring (bicyclic) bond motifs is 2. The first-order valence-electron chi connectivity index (χ1n) is 11.9. The highest BCUT2D eigenvalue weighted by Gasteiger charge is 2.45. The molecule has 1 aromatic carbocycles. The van der Waals surface area contributed by atoms with Crippen molar-refractivity contribution in [3.05, 3.63) is 54.1 Å². The second-order valence-electron chi connectivity index (χ2n) is 10.1. The fourth-order valence-corrected chi connectivity index (χ4v) is 5.47. The van der Waals surface area contributed by atoms with Crippen molar-refractivity contribution in [2.75, 3.05) is 44.2 Å². The van der Waals surface area contributed by atoms with Crippen molar-refractivity contribution < 1.29 is 23.4 Å². The highest BCUT2D eigenvalue weighted by molar-refractivity contribution is 6.03. The van der Waals surface area contributed by atoms with Crippen LogP contribution in [0.25, 0.3) is 11.3 Å². The SMILES string of the molecule is C=CCN1CCN2C(=O)c3c(N4C[C@@H](O)CC4(C)C)nc(-c4ccccc4F)c(F)c3OC[C@H]2C1. The van der Waals surface area contributed by atoms with Crippen LogP contribution in [0.15, 0.2) is 36.9 Å². The van der Waals surface area contributed by atoms with Gasteiger partial charge in [0, 0.05) is 43.8 Å². The van der Waals surface area contributed by atoms with Crippen LogP contribution in [0.1, 0.15) is 30.6 Å². The van der Waals surface area contributed by atoms with Crippen LogP contribution in [0.3, 0.4) is 0 Å². The van der Waals surface area contributed by atoms with Gasteiger partial charge in [0.25, 0.3) is 5.91 Å². The highest BCUT2D eigenvalue weighted by atomic mass is 19.1. The number of pyridine rings is 1. The second kappa shape index (κ2) is 8.87. The van der Waals surface area contributed by atoms with Gasteiger partial charge in [0.2, 0.25) is 0 Å². The Morgan fingerprint density at radius 1 is 1.26 bits per heavy atom. The summed E-state index contributed by atoms with van der Waals surface area (Å²) in [7, 11) is 0. The van der Waals surface area contributed by atoms with E-state index in [9.17, 15) is 14.3 Å². The van der Waals surface area contributed by atoms with Crippen molar-refractivity contribution in [1.82, 2.24) is 14.8 Å². The van der Waals surface area contributed by atoms with Crippen LogP contribution in [0.4, 0.5) is 14.6 Å². The largest absolute Gasteiger partial charge is 0.487 e. The molecular weight excluding hydrogens is 454 g/mol. The van der Waals surface area contributed by atoms with Crippen molar-refractivity contribution in [2.24, 2.45) is 0 Å². The molecular formula is C26H30F2N4O3.